The number of nitriles is 1. The van der Waals surface area contributed by atoms with Crippen molar-refractivity contribution >= 4 is 45.5 Å². The molecule has 0 bridgehead atoms. The molecule has 0 aliphatic rings. The molecule has 0 unspecified atom stereocenters. The SMILES string of the molecule is CN(C)c1cc(Nc2ccc(SC#N)cc2)c([N+](=O)[O-])c2nonc12. The van der Waals surface area contributed by atoms with Gasteiger partial charge in [-0.3, -0.25) is 10.1 Å². The van der Waals surface area contributed by atoms with Crippen molar-refractivity contribution in [2.24, 2.45) is 0 Å². The molecular formula is C15H12N6O3S. The number of nitrogens with one attached hydrogen (secondary N) is 1. The molecule has 10 heteroatoms. The molecule has 0 spiro atoms. The predicted molar refractivity (Wildman–Crippen MR) is 94.0 cm³/mol. The monoisotopic (exact) mass is 356 g/mol. The molecule has 1 aromatic heterocycles. The molecule has 2 aromatic carbocycles. The lowest BCUT2D eigenvalue weighted by Gasteiger charge is -2.15. The third kappa shape index (κ3) is 3.17. The van der Waals surface area contributed by atoms with Crippen molar-refractivity contribution in [3.05, 3.63) is 40.4 Å². The van der Waals surface area contributed by atoms with Crippen LogP contribution in [0.5, 0.6) is 0 Å². The van der Waals surface area contributed by atoms with Crippen LogP contribution in [0.4, 0.5) is 22.7 Å². The number of hydrogen-bond acceptors (Lipinski definition) is 9. The highest BCUT2D eigenvalue weighted by atomic mass is 32.2. The summed E-state index contributed by atoms with van der Waals surface area (Å²) in [4.78, 5) is 13.6. The molecule has 1 N–H and O–H groups in total. The minimum Gasteiger partial charge on any atom is -0.376 e. The lowest BCUT2D eigenvalue weighted by atomic mass is 10.1. The number of benzene rings is 2. The normalized spacial score (nSPS) is 10.4. The van der Waals surface area contributed by atoms with Gasteiger partial charge in [0.2, 0.25) is 5.52 Å². The Labute approximate surface area is 146 Å². The largest absolute Gasteiger partial charge is 0.376 e. The molecule has 0 saturated carbocycles. The van der Waals surface area contributed by atoms with E-state index in [9.17, 15) is 10.1 Å². The van der Waals surface area contributed by atoms with Gasteiger partial charge in [-0.25, -0.2) is 4.63 Å². The predicted octanol–water partition coefficient (Wildman–Crippen LogP) is 3.51. The molecule has 3 aromatic rings. The van der Waals surface area contributed by atoms with Crippen molar-refractivity contribution in [3.63, 3.8) is 0 Å². The van der Waals surface area contributed by atoms with Crippen LogP contribution in [0.25, 0.3) is 11.0 Å². The van der Waals surface area contributed by atoms with Gasteiger partial charge in [0.1, 0.15) is 11.1 Å². The van der Waals surface area contributed by atoms with Crippen LogP contribution in [0.2, 0.25) is 0 Å². The Morgan fingerprint density at radius 2 is 1.96 bits per heavy atom. The van der Waals surface area contributed by atoms with Gasteiger partial charge in [0.05, 0.1) is 10.6 Å². The summed E-state index contributed by atoms with van der Waals surface area (Å²) in [5, 5.41) is 32.7. The lowest BCUT2D eigenvalue weighted by molar-refractivity contribution is -0.382. The average molecular weight is 356 g/mol. The quantitative estimate of drug-likeness (QED) is 0.317. The highest BCUT2D eigenvalue weighted by Gasteiger charge is 2.26. The van der Waals surface area contributed by atoms with Crippen LogP contribution >= 0.6 is 11.8 Å². The molecule has 0 aliphatic carbocycles. The zero-order valence-corrected chi connectivity index (χ0v) is 14.1. The summed E-state index contributed by atoms with van der Waals surface area (Å²) >= 11 is 1.04. The van der Waals surface area contributed by atoms with Gasteiger partial charge >= 0.3 is 5.69 Å². The smallest absolute Gasteiger partial charge is 0.324 e. The van der Waals surface area contributed by atoms with E-state index in [4.69, 9.17) is 9.89 Å². The fourth-order valence-electron chi connectivity index (χ4n) is 2.35. The van der Waals surface area contributed by atoms with Gasteiger partial charge in [0.15, 0.2) is 5.52 Å². The van der Waals surface area contributed by atoms with E-state index in [1.807, 2.05) is 5.40 Å². The first-order chi connectivity index (χ1) is 12.0. The number of aromatic nitrogens is 2. The highest BCUT2D eigenvalue weighted by molar-refractivity contribution is 8.03. The number of fused-ring (bicyclic) bond motifs is 1. The first-order valence-electron chi connectivity index (χ1n) is 7.05. The summed E-state index contributed by atoms with van der Waals surface area (Å²) in [5.41, 5.74) is 1.75. The molecule has 0 fully saturated rings. The standard InChI is InChI=1S/C15H12N6O3S/c1-20(2)12-7-11(15(21(22)23)14-13(12)18-24-19-14)17-9-3-5-10(6-4-9)25-8-16/h3-7,17H,1-2H3. The van der Waals surface area contributed by atoms with Gasteiger partial charge in [-0.05, 0) is 52.4 Å². The lowest BCUT2D eigenvalue weighted by Crippen LogP contribution is -2.10. The topological polar surface area (TPSA) is 121 Å². The van der Waals surface area contributed by atoms with Crippen LogP contribution in [0.15, 0.2) is 39.9 Å². The fourth-order valence-corrected chi connectivity index (χ4v) is 2.73. The molecule has 0 radical (unpaired) electrons. The third-order valence-corrected chi connectivity index (χ3v) is 4.05. The molecule has 0 atom stereocenters. The summed E-state index contributed by atoms with van der Waals surface area (Å²) in [6.07, 6.45) is 0. The number of anilines is 3. The van der Waals surface area contributed by atoms with Crippen LogP contribution < -0.4 is 10.2 Å². The van der Waals surface area contributed by atoms with Gasteiger partial charge in [-0.2, -0.15) is 5.26 Å². The van der Waals surface area contributed by atoms with Crippen LogP contribution in [-0.4, -0.2) is 29.3 Å². The molecule has 0 aliphatic heterocycles. The summed E-state index contributed by atoms with van der Waals surface area (Å²) in [6.45, 7) is 0. The van der Waals surface area contributed by atoms with Gasteiger partial charge < -0.3 is 10.2 Å². The van der Waals surface area contributed by atoms with E-state index in [1.54, 1.807) is 49.3 Å². The molecule has 25 heavy (non-hydrogen) atoms. The number of rotatable bonds is 5. The van der Waals surface area contributed by atoms with Crippen molar-refractivity contribution in [3.8, 4) is 5.40 Å². The van der Waals surface area contributed by atoms with Crippen molar-refractivity contribution in [2.45, 2.75) is 4.90 Å². The van der Waals surface area contributed by atoms with Gasteiger partial charge in [-0.15, -0.1) is 0 Å². The highest BCUT2D eigenvalue weighted by Crippen LogP contribution is 2.39. The van der Waals surface area contributed by atoms with Crippen LogP contribution in [0.3, 0.4) is 0 Å². The number of nitrogens with zero attached hydrogens (tertiary/aromatic N) is 5. The second-order valence-electron chi connectivity index (χ2n) is 5.25. The van der Waals surface area contributed by atoms with Crippen molar-refractivity contribution in [2.75, 3.05) is 24.3 Å². The maximum Gasteiger partial charge on any atom is 0.324 e. The molecular weight excluding hydrogens is 344 g/mol. The molecule has 1 heterocycles. The summed E-state index contributed by atoms with van der Waals surface area (Å²) in [5.74, 6) is 0. The Bertz CT molecular complexity index is 977. The van der Waals surface area contributed by atoms with E-state index in [-0.39, 0.29) is 16.9 Å². The Morgan fingerprint density at radius 3 is 2.56 bits per heavy atom. The zero-order valence-electron chi connectivity index (χ0n) is 13.3. The first-order valence-corrected chi connectivity index (χ1v) is 7.87. The van der Waals surface area contributed by atoms with Gasteiger partial charge in [0.25, 0.3) is 0 Å². The number of hydrogen-bond donors (Lipinski definition) is 1. The number of nitro groups is 1. The van der Waals surface area contributed by atoms with E-state index in [1.165, 1.54) is 0 Å². The van der Waals surface area contributed by atoms with Gasteiger partial charge in [0, 0.05) is 24.7 Å². The van der Waals surface area contributed by atoms with Crippen LogP contribution in [-0.2, 0) is 0 Å². The van der Waals surface area contributed by atoms with Crippen LogP contribution in [0.1, 0.15) is 0 Å². The maximum atomic E-state index is 11.5. The third-order valence-electron chi connectivity index (χ3n) is 3.45. The van der Waals surface area contributed by atoms with Crippen molar-refractivity contribution in [1.29, 1.82) is 5.26 Å². The number of nitro benzene ring substituents is 1. The second-order valence-corrected chi connectivity index (χ2v) is 6.11. The van der Waals surface area contributed by atoms with Crippen molar-refractivity contribution in [1.82, 2.24) is 10.3 Å². The Morgan fingerprint density at radius 1 is 1.28 bits per heavy atom. The molecule has 0 amide bonds. The van der Waals surface area contributed by atoms with Gasteiger partial charge in [-0.1, -0.05) is 0 Å². The Kier molecular flexibility index (Phi) is 4.40. The Balaban J connectivity index is 2.09. The van der Waals surface area contributed by atoms with E-state index in [0.717, 1.165) is 16.7 Å². The average Bonchev–Trinajstić information content (AvgIpc) is 3.04. The van der Waals surface area contributed by atoms with E-state index in [0.29, 0.717) is 16.9 Å². The maximum absolute atomic E-state index is 11.5. The number of thiocyanates is 1. The fraction of sp³-hybridized carbons (Fsp3) is 0.133. The Hall–Kier alpha value is -3.32. The molecule has 126 valence electrons. The minimum atomic E-state index is -0.520. The second kappa shape index (κ2) is 6.66. The van der Waals surface area contributed by atoms with E-state index < -0.39 is 4.92 Å². The minimum absolute atomic E-state index is 0.0790. The summed E-state index contributed by atoms with van der Waals surface area (Å²) in [6, 6.07) is 8.62. The van der Waals surface area contributed by atoms with Crippen molar-refractivity contribution < 1.29 is 9.55 Å². The van der Waals surface area contributed by atoms with E-state index in [2.05, 4.69) is 15.6 Å². The first kappa shape index (κ1) is 16.5. The molecule has 9 nitrogen and oxygen atoms in total. The van der Waals surface area contributed by atoms with Crippen LogP contribution in [0, 0.1) is 20.8 Å². The zero-order chi connectivity index (χ0) is 18.0. The molecule has 0 saturated heterocycles. The summed E-state index contributed by atoms with van der Waals surface area (Å²) in [7, 11) is 3.60. The molecule has 3 rings (SSSR count). The number of thioether (sulfide) groups is 1. The van der Waals surface area contributed by atoms with E-state index >= 15 is 0 Å². The summed E-state index contributed by atoms with van der Waals surface area (Å²) < 4.78 is 4.70.